The van der Waals surface area contributed by atoms with E-state index >= 15 is 0 Å². The molecule has 0 amide bonds. The summed E-state index contributed by atoms with van der Waals surface area (Å²) in [5, 5.41) is 16.4. The fourth-order valence-corrected chi connectivity index (χ4v) is 2.78. The van der Waals surface area contributed by atoms with Gasteiger partial charge >= 0.3 is 0 Å². The first-order valence-electron chi connectivity index (χ1n) is 7.61. The van der Waals surface area contributed by atoms with Crippen LogP contribution < -0.4 is 10.6 Å². The lowest BCUT2D eigenvalue weighted by atomic mass is 10.2. The minimum absolute atomic E-state index is 0.140. The number of rotatable bonds is 7. The van der Waals surface area contributed by atoms with Crippen molar-refractivity contribution >= 4 is 40.7 Å². The number of nitrogens with zero attached hydrogens (tertiary/aromatic N) is 2. The average molecular weight is 353 g/mol. The Morgan fingerprint density at radius 3 is 2.48 bits per heavy atom. The molecular weight excluding hydrogens is 335 g/mol. The van der Waals surface area contributed by atoms with Crippen molar-refractivity contribution in [3.8, 4) is 0 Å². The van der Waals surface area contributed by atoms with Gasteiger partial charge < -0.3 is 15.7 Å². The lowest BCUT2D eigenvalue weighted by Crippen LogP contribution is -2.09. The fraction of sp³-hybridized carbons (Fsp3) is 0.375. The predicted molar refractivity (Wildman–Crippen MR) is 93.9 cm³/mol. The van der Waals surface area contributed by atoms with E-state index in [9.17, 15) is 0 Å². The van der Waals surface area contributed by atoms with E-state index in [1.165, 1.54) is 0 Å². The summed E-state index contributed by atoms with van der Waals surface area (Å²) in [6.07, 6.45) is 2.98. The number of aliphatic hydroxyl groups is 1. The van der Waals surface area contributed by atoms with Gasteiger partial charge in [0, 0.05) is 40.9 Å². The summed E-state index contributed by atoms with van der Waals surface area (Å²) in [6, 6.07) is 7.24. The van der Waals surface area contributed by atoms with E-state index in [1.54, 1.807) is 18.2 Å². The molecule has 3 rings (SSSR count). The van der Waals surface area contributed by atoms with E-state index in [0.717, 1.165) is 24.2 Å². The van der Waals surface area contributed by atoms with Gasteiger partial charge in [-0.15, -0.1) is 0 Å². The summed E-state index contributed by atoms with van der Waals surface area (Å²) in [7, 11) is 0. The van der Waals surface area contributed by atoms with Crippen LogP contribution in [0.3, 0.4) is 0 Å². The summed E-state index contributed by atoms with van der Waals surface area (Å²) in [4.78, 5) is 9.02. The summed E-state index contributed by atoms with van der Waals surface area (Å²) < 4.78 is 0. The standard InChI is InChI=1S/C16H18Cl2N4O/c17-11-6-12(18)8-13(7-11)20-15-9-14(10-2-3-10)21-16(22-15)19-4-1-5-23/h6-10,23H,1-5H2,(H2,19,20,21,22). The van der Waals surface area contributed by atoms with E-state index in [2.05, 4.69) is 20.6 Å². The molecule has 23 heavy (non-hydrogen) atoms. The average Bonchev–Trinajstić information content (AvgIpc) is 3.31. The van der Waals surface area contributed by atoms with Gasteiger partial charge in [-0.1, -0.05) is 23.2 Å². The van der Waals surface area contributed by atoms with E-state index < -0.39 is 0 Å². The Bertz CT molecular complexity index is 672. The van der Waals surface area contributed by atoms with Crippen molar-refractivity contribution in [1.82, 2.24) is 9.97 Å². The van der Waals surface area contributed by atoms with Gasteiger partial charge in [-0.05, 0) is 37.5 Å². The van der Waals surface area contributed by atoms with Crippen molar-refractivity contribution in [3.63, 3.8) is 0 Å². The highest BCUT2D eigenvalue weighted by Gasteiger charge is 2.26. The number of benzene rings is 1. The monoisotopic (exact) mass is 352 g/mol. The van der Waals surface area contributed by atoms with Crippen LogP contribution in [0, 0.1) is 0 Å². The topological polar surface area (TPSA) is 70.1 Å². The third-order valence-electron chi connectivity index (χ3n) is 3.49. The van der Waals surface area contributed by atoms with Gasteiger partial charge in [0.15, 0.2) is 0 Å². The third-order valence-corrected chi connectivity index (χ3v) is 3.93. The van der Waals surface area contributed by atoms with Gasteiger partial charge in [-0.3, -0.25) is 0 Å². The van der Waals surface area contributed by atoms with Gasteiger partial charge in [0.25, 0.3) is 0 Å². The molecule has 7 heteroatoms. The van der Waals surface area contributed by atoms with Crippen LogP contribution in [0.4, 0.5) is 17.5 Å². The SMILES string of the molecule is OCCCNc1nc(Nc2cc(Cl)cc(Cl)c2)cc(C2CC2)n1. The maximum atomic E-state index is 8.88. The zero-order valence-corrected chi connectivity index (χ0v) is 14.0. The molecule has 1 heterocycles. The summed E-state index contributed by atoms with van der Waals surface area (Å²) in [5.41, 5.74) is 1.81. The van der Waals surface area contributed by atoms with E-state index in [4.69, 9.17) is 28.3 Å². The second kappa shape index (κ2) is 7.34. The number of nitrogens with one attached hydrogen (secondary N) is 2. The molecule has 1 aromatic heterocycles. The normalized spacial score (nSPS) is 13.9. The molecule has 1 aliphatic rings. The molecule has 3 N–H and O–H groups in total. The Morgan fingerprint density at radius 2 is 1.83 bits per heavy atom. The van der Waals surface area contributed by atoms with Crippen LogP contribution in [0.25, 0.3) is 0 Å². The highest BCUT2D eigenvalue weighted by molar-refractivity contribution is 6.35. The number of aromatic nitrogens is 2. The van der Waals surface area contributed by atoms with Crippen LogP contribution in [0.2, 0.25) is 10.0 Å². The number of halogens is 2. The lowest BCUT2D eigenvalue weighted by Gasteiger charge is -2.11. The van der Waals surface area contributed by atoms with Crippen LogP contribution >= 0.6 is 23.2 Å². The van der Waals surface area contributed by atoms with Crippen molar-refractivity contribution in [2.24, 2.45) is 0 Å². The van der Waals surface area contributed by atoms with E-state index in [-0.39, 0.29) is 6.61 Å². The number of hydrogen-bond donors (Lipinski definition) is 3. The molecule has 0 spiro atoms. The quantitative estimate of drug-likeness (QED) is 0.651. The second-order valence-electron chi connectivity index (χ2n) is 5.56. The van der Waals surface area contributed by atoms with Crippen molar-refractivity contribution < 1.29 is 5.11 Å². The van der Waals surface area contributed by atoms with Gasteiger partial charge in [0.1, 0.15) is 5.82 Å². The molecule has 0 saturated heterocycles. The predicted octanol–water partition coefficient (Wildman–Crippen LogP) is 4.20. The fourth-order valence-electron chi connectivity index (χ4n) is 2.25. The number of aliphatic hydroxyl groups excluding tert-OH is 1. The number of anilines is 3. The summed E-state index contributed by atoms with van der Waals surface area (Å²) >= 11 is 12.1. The van der Waals surface area contributed by atoms with Crippen molar-refractivity contribution in [1.29, 1.82) is 0 Å². The van der Waals surface area contributed by atoms with Crippen LogP contribution in [-0.4, -0.2) is 28.2 Å². The van der Waals surface area contributed by atoms with Crippen LogP contribution in [0.5, 0.6) is 0 Å². The smallest absolute Gasteiger partial charge is 0.224 e. The van der Waals surface area contributed by atoms with Gasteiger partial charge in [0.2, 0.25) is 5.95 Å². The second-order valence-corrected chi connectivity index (χ2v) is 6.44. The minimum atomic E-state index is 0.140. The Hall–Kier alpha value is -1.56. The Labute approximate surface area is 145 Å². The molecule has 5 nitrogen and oxygen atoms in total. The van der Waals surface area contributed by atoms with Crippen LogP contribution in [-0.2, 0) is 0 Å². The Kier molecular flexibility index (Phi) is 5.20. The maximum absolute atomic E-state index is 8.88. The molecule has 122 valence electrons. The largest absolute Gasteiger partial charge is 0.396 e. The first-order valence-corrected chi connectivity index (χ1v) is 8.36. The molecule has 1 aliphatic carbocycles. The molecule has 0 aliphatic heterocycles. The molecule has 0 radical (unpaired) electrons. The Balaban J connectivity index is 1.81. The minimum Gasteiger partial charge on any atom is -0.396 e. The van der Waals surface area contributed by atoms with Crippen molar-refractivity contribution in [2.75, 3.05) is 23.8 Å². The van der Waals surface area contributed by atoms with Gasteiger partial charge in [-0.25, -0.2) is 4.98 Å². The van der Waals surface area contributed by atoms with Crippen LogP contribution in [0.15, 0.2) is 24.3 Å². The van der Waals surface area contributed by atoms with Gasteiger partial charge in [-0.2, -0.15) is 4.98 Å². The zero-order valence-electron chi connectivity index (χ0n) is 12.5. The van der Waals surface area contributed by atoms with Crippen LogP contribution in [0.1, 0.15) is 30.9 Å². The van der Waals surface area contributed by atoms with Crippen molar-refractivity contribution in [2.45, 2.75) is 25.2 Å². The summed E-state index contributed by atoms with van der Waals surface area (Å²) in [6.45, 7) is 0.772. The molecule has 0 atom stereocenters. The molecule has 0 unspecified atom stereocenters. The summed E-state index contributed by atoms with van der Waals surface area (Å²) in [5.74, 6) is 1.78. The lowest BCUT2D eigenvalue weighted by molar-refractivity contribution is 0.292. The highest BCUT2D eigenvalue weighted by atomic mass is 35.5. The number of hydrogen-bond acceptors (Lipinski definition) is 5. The van der Waals surface area contributed by atoms with Gasteiger partial charge in [0.05, 0.1) is 5.69 Å². The molecular formula is C16H18Cl2N4O. The maximum Gasteiger partial charge on any atom is 0.224 e. The van der Waals surface area contributed by atoms with E-state index in [1.807, 2.05) is 6.07 Å². The highest BCUT2D eigenvalue weighted by Crippen LogP contribution is 2.40. The zero-order chi connectivity index (χ0) is 16.2. The molecule has 1 fully saturated rings. The molecule has 2 aromatic rings. The third kappa shape index (κ3) is 4.70. The van der Waals surface area contributed by atoms with Crippen molar-refractivity contribution in [3.05, 3.63) is 40.0 Å². The molecule has 0 bridgehead atoms. The first kappa shape index (κ1) is 16.3. The molecule has 1 aromatic carbocycles. The van der Waals surface area contributed by atoms with E-state index in [0.29, 0.717) is 40.7 Å². The Morgan fingerprint density at radius 1 is 1.09 bits per heavy atom. The molecule has 1 saturated carbocycles. The first-order chi connectivity index (χ1) is 11.1.